The third-order valence-corrected chi connectivity index (χ3v) is 6.64. The van der Waals surface area contributed by atoms with Crippen LogP contribution in [-0.4, -0.2) is 10.9 Å². The number of nitrogens with one attached hydrogen (secondary N) is 2. The maximum absolute atomic E-state index is 14.1. The number of hydrogen-bond donors (Lipinski definition) is 3. The molecule has 0 aliphatic rings. The third-order valence-electron chi connectivity index (χ3n) is 6.64. The molecule has 3 heterocycles. The Morgan fingerprint density at radius 2 is 1.67 bits per heavy atom. The van der Waals surface area contributed by atoms with Crippen molar-refractivity contribution in [1.82, 2.24) is 10.3 Å². The lowest BCUT2D eigenvalue weighted by Gasteiger charge is -2.12. The largest absolute Gasteiger partial charge is 0.455 e. The maximum Gasteiger partial charge on any atom is 0.251 e. The molecule has 7 heteroatoms. The minimum absolute atomic E-state index is 0.183. The molecular formula is C29H23FN4O2. The fourth-order valence-electron chi connectivity index (χ4n) is 4.84. The first-order valence-electron chi connectivity index (χ1n) is 11.6. The zero-order valence-corrected chi connectivity index (χ0v) is 19.8. The Morgan fingerprint density at radius 3 is 2.44 bits per heavy atom. The highest BCUT2D eigenvalue weighted by atomic mass is 19.1. The molecule has 0 unspecified atom stereocenters. The highest BCUT2D eigenvalue weighted by Crippen LogP contribution is 2.42. The number of rotatable bonds is 5. The molecule has 0 spiro atoms. The number of nitrogens with zero attached hydrogens (tertiary/aromatic N) is 1. The predicted molar refractivity (Wildman–Crippen MR) is 141 cm³/mol. The number of amides is 1. The Kier molecular flexibility index (Phi) is 5.00. The summed E-state index contributed by atoms with van der Waals surface area (Å²) in [5, 5.41) is 9.84. The number of carbonyl (C=O) groups is 1. The summed E-state index contributed by atoms with van der Waals surface area (Å²) in [6, 6.07) is 19.7. The van der Waals surface area contributed by atoms with E-state index in [0.717, 1.165) is 49.6 Å². The van der Waals surface area contributed by atoms with E-state index in [1.54, 1.807) is 30.3 Å². The molecule has 0 aliphatic heterocycles. The van der Waals surface area contributed by atoms with Crippen LogP contribution in [0.5, 0.6) is 0 Å². The molecule has 0 aliphatic carbocycles. The molecule has 2 bridgehead atoms. The first-order chi connectivity index (χ1) is 17.4. The van der Waals surface area contributed by atoms with Crippen LogP contribution in [0.3, 0.4) is 0 Å². The van der Waals surface area contributed by atoms with Gasteiger partial charge in [-0.05, 0) is 79.6 Å². The van der Waals surface area contributed by atoms with E-state index in [4.69, 9.17) is 10.2 Å². The summed E-state index contributed by atoms with van der Waals surface area (Å²) in [7, 11) is 0. The second-order valence-electron chi connectivity index (χ2n) is 9.00. The molecule has 178 valence electrons. The van der Waals surface area contributed by atoms with Gasteiger partial charge in [-0.15, -0.1) is 0 Å². The monoisotopic (exact) mass is 478 g/mol. The predicted octanol–water partition coefficient (Wildman–Crippen LogP) is 6.58. The molecule has 36 heavy (non-hydrogen) atoms. The van der Waals surface area contributed by atoms with Crippen LogP contribution in [0.25, 0.3) is 32.7 Å². The molecular weight excluding hydrogens is 455 g/mol. The summed E-state index contributed by atoms with van der Waals surface area (Å²) in [4.78, 5) is 17.3. The Bertz CT molecular complexity index is 1770. The number of nitrogens with two attached hydrogens (primary N) is 1. The molecule has 0 radical (unpaired) electrons. The average molecular weight is 479 g/mol. The van der Waals surface area contributed by atoms with Gasteiger partial charge in [0.1, 0.15) is 22.8 Å². The fraction of sp³-hybridized carbons (Fsp3) is 0.103. The number of benzene rings is 4. The van der Waals surface area contributed by atoms with E-state index in [1.807, 2.05) is 44.2 Å². The molecule has 1 amide bonds. The van der Waals surface area contributed by atoms with E-state index in [2.05, 4.69) is 15.6 Å². The van der Waals surface area contributed by atoms with Crippen molar-refractivity contribution in [3.63, 3.8) is 0 Å². The number of pyridine rings is 1. The van der Waals surface area contributed by atoms with Crippen molar-refractivity contribution >= 4 is 55.8 Å². The van der Waals surface area contributed by atoms with Crippen LogP contribution < -0.4 is 16.4 Å². The van der Waals surface area contributed by atoms with Crippen LogP contribution in [-0.2, 0) is 6.54 Å². The number of furan rings is 2. The maximum atomic E-state index is 14.1. The Morgan fingerprint density at radius 1 is 0.944 bits per heavy atom. The number of anilines is 3. The van der Waals surface area contributed by atoms with E-state index in [0.29, 0.717) is 29.2 Å². The zero-order chi connectivity index (χ0) is 25.0. The van der Waals surface area contributed by atoms with E-state index in [9.17, 15) is 9.18 Å². The Labute approximate surface area is 206 Å². The number of aromatic nitrogens is 1. The van der Waals surface area contributed by atoms with Gasteiger partial charge in [0.2, 0.25) is 0 Å². The summed E-state index contributed by atoms with van der Waals surface area (Å²) in [6.07, 6.45) is 0. The van der Waals surface area contributed by atoms with Crippen molar-refractivity contribution in [3.05, 3.63) is 94.9 Å². The quantitative estimate of drug-likeness (QED) is 0.243. The molecule has 0 atom stereocenters. The molecule has 3 aromatic carbocycles. The van der Waals surface area contributed by atoms with Crippen molar-refractivity contribution < 1.29 is 13.6 Å². The number of carbonyl (C=O) groups excluding carboxylic acids is 1. The third kappa shape index (κ3) is 3.56. The van der Waals surface area contributed by atoms with E-state index < -0.39 is 0 Å². The number of aryl methyl sites for hydroxylation is 2. The van der Waals surface area contributed by atoms with Gasteiger partial charge in [0.25, 0.3) is 5.91 Å². The summed E-state index contributed by atoms with van der Waals surface area (Å²) < 4.78 is 20.2. The van der Waals surface area contributed by atoms with Crippen LogP contribution in [0.2, 0.25) is 0 Å². The highest BCUT2D eigenvalue weighted by molar-refractivity contribution is 6.26. The fourth-order valence-corrected chi connectivity index (χ4v) is 4.84. The van der Waals surface area contributed by atoms with E-state index in [-0.39, 0.29) is 11.7 Å². The first kappa shape index (κ1) is 21.9. The summed E-state index contributed by atoms with van der Waals surface area (Å²) in [5.74, 6) is -0.0354. The zero-order valence-electron chi connectivity index (χ0n) is 19.8. The van der Waals surface area contributed by atoms with Gasteiger partial charge in [0.05, 0.1) is 5.69 Å². The number of para-hydroxylation sites is 1. The van der Waals surface area contributed by atoms with Crippen LogP contribution >= 0.6 is 0 Å². The molecule has 3 aromatic heterocycles. The summed E-state index contributed by atoms with van der Waals surface area (Å²) in [5.41, 5.74) is 11.7. The van der Waals surface area contributed by atoms with Crippen molar-refractivity contribution in [2.75, 3.05) is 11.1 Å². The van der Waals surface area contributed by atoms with E-state index in [1.165, 1.54) is 6.07 Å². The van der Waals surface area contributed by atoms with Gasteiger partial charge in [-0.3, -0.25) is 4.79 Å². The summed E-state index contributed by atoms with van der Waals surface area (Å²) in [6.45, 7) is 4.20. The number of halogens is 1. The van der Waals surface area contributed by atoms with Crippen LogP contribution in [0.15, 0.2) is 71.1 Å². The molecule has 0 saturated carbocycles. The average Bonchev–Trinajstić information content (AvgIpc) is 3.41. The van der Waals surface area contributed by atoms with Crippen molar-refractivity contribution in [2.45, 2.75) is 20.4 Å². The highest BCUT2D eigenvalue weighted by Gasteiger charge is 2.19. The van der Waals surface area contributed by atoms with Gasteiger partial charge in [-0.2, -0.15) is 0 Å². The molecule has 6 aromatic rings. The minimum atomic E-state index is -0.320. The smallest absolute Gasteiger partial charge is 0.251 e. The topological polar surface area (TPSA) is 93.2 Å². The van der Waals surface area contributed by atoms with Gasteiger partial charge in [-0.1, -0.05) is 12.1 Å². The first-order valence-corrected chi connectivity index (χ1v) is 11.6. The standard InChI is InChI=1S/C29H23FN4O2/c1-15-11-26(31)33-16(2)23(15)14-32-29(35)17-7-9-19-21(12-17)28-22-13-18(8-10-20(22)27(19)36-28)34-25-6-4-3-5-24(25)30/h3-13,34H,14H2,1-2H3,(H2,31,33)(H,32,35). The number of hydrogen-bond acceptors (Lipinski definition) is 5. The Balaban J connectivity index is 1.32. The second kappa shape index (κ2) is 8.23. The molecule has 6 rings (SSSR count). The van der Waals surface area contributed by atoms with E-state index >= 15 is 0 Å². The number of nitrogen functional groups attached to an aromatic ring is 1. The lowest BCUT2D eigenvalue weighted by Crippen LogP contribution is -2.24. The molecule has 6 nitrogen and oxygen atoms in total. The van der Waals surface area contributed by atoms with Gasteiger partial charge < -0.3 is 20.8 Å². The van der Waals surface area contributed by atoms with Crippen molar-refractivity contribution in [1.29, 1.82) is 0 Å². The number of fused-ring (bicyclic) bond motifs is 8. The normalized spacial score (nSPS) is 11.5. The van der Waals surface area contributed by atoms with Crippen LogP contribution in [0.4, 0.5) is 21.6 Å². The van der Waals surface area contributed by atoms with Gasteiger partial charge >= 0.3 is 0 Å². The van der Waals surface area contributed by atoms with Gasteiger partial charge in [0.15, 0.2) is 0 Å². The van der Waals surface area contributed by atoms with Crippen LogP contribution in [0.1, 0.15) is 27.2 Å². The lowest BCUT2D eigenvalue weighted by atomic mass is 10.0. The van der Waals surface area contributed by atoms with Gasteiger partial charge in [-0.25, -0.2) is 9.37 Å². The van der Waals surface area contributed by atoms with Crippen molar-refractivity contribution in [3.8, 4) is 0 Å². The summed E-state index contributed by atoms with van der Waals surface area (Å²) >= 11 is 0. The Hall–Kier alpha value is -4.65. The minimum Gasteiger partial charge on any atom is -0.455 e. The van der Waals surface area contributed by atoms with Crippen LogP contribution in [0, 0.1) is 19.7 Å². The SMILES string of the molecule is Cc1cc(N)nc(C)c1CNC(=O)c1ccc2c(c1)c1oc2c2ccc(Nc3ccccc3F)cc21. The molecule has 4 N–H and O–H groups in total. The van der Waals surface area contributed by atoms with Crippen molar-refractivity contribution in [2.24, 2.45) is 0 Å². The lowest BCUT2D eigenvalue weighted by molar-refractivity contribution is 0.0951. The molecule has 0 saturated heterocycles. The second-order valence-corrected chi connectivity index (χ2v) is 9.00. The van der Waals surface area contributed by atoms with Gasteiger partial charge in [0, 0.05) is 45.0 Å². The molecule has 0 fully saturated rings.